The number of ether oxygens (including phenoxy) is 2. The number of halogens is 1. The Labute approximate surface area is 208 Å². The molecule has 1 saturated heterocycles. The zero-order valence-electron chi connectivity index (χ0n) is 19.5. The lowest BCUT2D eigenvalue weighted by Crippen LogP contribution is -2.48. The number of likely N-dealkylation sites (tertiary alicyclic amines) is 1. The summed E-state index contributed by atoms with van der Waals surface area (Å²) in [6, 6.07) is 6.37. The predicted octanol–water partition coefficient (Wildman–Crippen LogP) is 3.66. The fraction of sp³-hybridized carbons (Fsp3) is 0.667. The molecule has 178 valence electrons. The van der Waals surface area contributed by atoms with Gasteiger partial charge >= 0.3 is 0 Å². The van der Waals surface area contributed by atoms with Crippen LogP contribution in [0.4, 0.5) is 0 Å². The number of amides is 1. The molecule has 1 aromatic carbocycles. The number of aliphatic imine (C=N–C) groups is 1. The van der Waals surface area contributed by atoms with Crippen LogP contribution in [0.2, 0.25) is 0 Å². The average molecular weight is 556 g/mol. The fourth-order valence-electron chi connectivity index (χ4n) is 4.80. The maximum Gasteiger partial charge on any atom is 0.231 e. The Morgan fingerprint density at radius 1 is 1.16 bits per heavy atom. The maximum absolute atomic E-state index is 12.8. The third-order valence-corrected chi connectivity index (χ3v) is 6.87. The molecule has 1 atom stereocenters. The summed E-state index contributed by atoms with van der Waals surface area (Å²) < 4.78 is 11.0. The highest BCUT2D eigenvalue weighted by Gasteiger charge is 2.32. The van der Waals surface area contributed by atoms with E-state index in [1.54, 1.807) is 7.05 Å². The van der Waals surface area contributed by atoms with E-state index < -0.39 is 0 Å². The molecule has 2 aliphatic heterocycles. The third-order valence-electron chi connectivity index (χ3n) is 6.87. The Morgan fingerprint density at radius 3 is 2.66 bits per heavy atom. The van der Waals surface area contributed by atoms with E-state index in [9.17, 15) is 4.79 Å². The van der Waals surface area contributed by atoms with Crippen molar-refractivity contribution in [2.45, 2.75) is 63.8 Å². The molecule has 1 unspecified atom stereocenters. The third kappa shape index (κ3) is 5.80. The molecule has 1 aliphatic carbocycles. The average Bonchev–Trinajstić information content (AvgIpc) is 3.45. The van der Waals surface area contributed by atoms with Crippen LogP contribution in [0.5, 0.6) is 11.5 Å². The second-order valence-corrected chi connectivity index (χ2v) is 9.63. The number of carbonyl (C=O) groups is 1. The van der Waals surface area contributed by atoms with Gasteiger partial charge in [-0.15, -0.1) is 24.0 Å². The van der Waals surface area contributed by atoms with Crippen molar-refractivity contribution in [1.82, 2.24) is 15.5 Å². The SMILES string of the molecule is CN=C(NCC(C)(C)c1ccc2c(c1)OCO2)NC1CCN(C(=O)C2CCCCC2)C1.I. The summed E-state index contributed by atoms with van der Waals surface area (Å²) in [5.41, 5.74) is 1.07. The van der Waals surface area contributed by atoms with Gasteiger partial charge in [0.25, 0.3) is 0 Å². The molecule has 0 spiro atoms. The van der Waals surface area contributed by atoms with Crippen molar-refractivity contribution in [3.05, 3.63) is 23.8 Å². The standard InChI is InChI=1S/C24H36N4O3.HI/c1-24(2,18-9-10-20-21(13-18)31-16-30-20)15-26-23(25-3)27-19-11-12-28(14-19)22(29)17-7-5-4-6-8-17;/h9-10,13,17,19H,4-8,11-12,14-16H2,1-3H3,(H2,25,26,27);1H. The van der Waals surface area contributed by atoms with E-state index in [0.717, 1.165) is 56.4 Å². The van der Waals surface area contributed by atoms with Gasteiger partial charge in [-0.25, -0.2) is 0 Å². The lowest BCUT2D eigenvalue weighted by molar-refractivity contribution is -0.135. The van der Waals surface area contributed by atoms with Gasteiger partial charge in [-0.05, 0) is 37.0 Å². The van der Waals surface area contributed by atoms with Crippen LogP contribution < -0.4 is 20.1 Å². The summed E-state index contributed by atoms with van der Waals surface area (Å²) in [5.74, 6) is 2.99. The van der Waals surface area contributed by atoms with Gasteiger partial charge in [0.1, 0.15) is 0 Å². The van der Waals surface area contributed by atoms with Gasteiger partial charge in [0.15, 0.2) is 17.5 Å². The van der Waals surface area contributed by atoms with Crippen LogP contribution in [0.3, 0.4) is 0 Å². The highest BCUT2D eigenvalue weighted by Crippen LogP contribution is 2.36. The Bertz CT molecular complexity index is 823. The van der Waals surface area contributed by atoms with Crippen molar-refractivity contribution in [1.29, 1.82) is 0 Å². The summed E-state index contributed by atoms with van der Waals surface area (Å²) in [6.45, 7) is 7.02. The predicted molar refractivity (Wildman–Crippen MR) is 137 cm³/mol. The molecule has 2 N–H and O–H groups in total. The first kappa shape index (κ1) is 24.9. The first-order chi connectivity index (χ1) is 15.0. The molecule has 3 aliphatic rings. The Morgan fingerprint density at radius 2 is 1.91 bits per heavy atom. The van der Waals surface area contributed by atoms with Crippen LogP contribution >= 0.6 is 24.0 Å². The van der Waals surface area contributed by atoms with Crippen molar-refractivity contribution >= 4 is 35.8 Å². The largest absolute Gasteiger partial charge is 0.454 e. The number of rotatable bonds is 5. The van der Waals surface area contributed by atoms with E-state index >= 15 is 0 Å². The molecule has 1 amide bonds. The number of hydrogen-bond acceptors (Lipinski definition) is 4. The minimum Gasteiger partial charge on any atom is -0.454 e. The molecule has 0 aromatic heterocycles. The molecule has 2 heterocycles. The van der Waals surface area contributed by atoms with E-state index in [1.807, 2.05) is 6.07 Å². The van der Waals surface area contributed by atoms with E-state index in [1.165, 1.54) is 24.8 Å². The van der Waals surface area contributed by atoms with Crippen molar-refractivity contribution in [2.24, 2.45) is 10.9 Å². The smallest absolute Gasteiger partial charge is 0.231 e. The van der Waals surface area contributed by atoms with Gasteiger partial charge in [0, 0.05) is 44.1 Å². The van der Waals surface area contributed by atoms with Crippen molar-refractivity contribution in [2.75, 3.05) is 33.5 Å². The van der Waals surface area contributed by atoms with Crippen LogP contribution in [0.25, 0.3) is 0 Å². The molecule has 7 nitrogen and oxygen atoms in total. The van der Waals surface area contributed by atoms with E-state index in [4.69, 9.17) is 9.47 Å². The van der Waals surface area contributed by atoms with Gasteiger partial charge in [-0.2, -0.15) is 0 Å². The summed E-state index contributed by atoms with van der Waals surface area (Å²) in [6.07, 6.45) is 6.75. The quantitative estimate of drug-likeness (QED) is 0.329. The molecule has 1 aromatic rings. The molecule has 0 bridgehead atoms. The first-order valence-corrected chi connectivity index (χ1v) is 11.6. The van der Waals surface area contributed by atoms with Gasteiger partial charge in [0.05, 0.1) is 0 Å². The number of nitrogens with zero attached hydrogens (tertiary/aromatic N) is 2. The highest BCUT2D eigenvalue weighted by atomic mass is 127. The number of hydrogen-bond donors (Lipinski definition) is 2. The summed E-state index contributed by atoms with van der Waals surface area (Å²) >= 11 is 0. The Balaban J connectivity index is 0.00000289. The summed E-state index contributed by atoms with van der Waals surface area (Å²) in [5, 5.41) is 6.99. The zero-order chi connectivity index (χ0) is 21.8. The first-order valence-electron chi connectivity index (χ1n) is 11.6. The molecular weight excluding hydrogens is 519 g/mol. The maximum atomic E-state index is 12.8. The Kier molecular flexibility index (Phi) is 8.52. The summed E-state index contributed by atoms with van der Waals surface area (Å²) in [4.78, 5) is 19.3. The number of nitrogens with one attached hydrogen (secondary N) is 2. The van der Waals surface area contributed by atoms with Crippen molar-refractivity contribution in [3.63, 3.8) is 0 Å². The Hall–Kier alpha value is -1.71. The normalized spacial score (nSPS) is 21.3. The topological polar surface area (TPSA) is 75.2 Å². The van der Waals surface area contributed by atoms with E-state index in [2.05, 4.69) is 46.5 Å². The molecule has 2 fully saturated rings. The molecule has 32 heavy (non-hydrogen) atoms. The minimum atomic E-state index is -0.114. The zero-order valence-corrected chi connectivity index (χ0v) is 21.8. The monoisotopic (exact) mass is 556 g/mol. The second-order valence-electron chi connectivity index (χ2n) is 9.63. The molecule has 8 heteroatoms. The molecule has 1 saturated carbocycles. The van der Waals surface area contributed by atoms with Crippen LogP contribution in [0, 0.1) is 5.92 Å². The van der Waals surface area contributed by atoms with Crippen LogP contribution in [0.15, 0.2) is 23.2 Å². The van der Waals surface area contributed by atoms with E-state index in [-0.39, 0.29) is 48.1 Å². The lowest BCUT2D eigenvalue weighted by atomic mass is 9.84. The second kappa shape index (κ2) is 10.9. The van der Waals surface area contributed by atoms with Crippen LogP contribution in [-0.2, 0) is 10.2 Å². The van der Waals surface area contributed by atoms with E-state index in [0.29, 0.717) is 5.91 Å². The summed E-state index contributed by atoms with van der Waals surface area (Å²) in [7, 11) is 1.79. The number of carbonyl (C=O) groups excluding carboxylic acids is 1. The molecule has 4 rings (SSSR count). The lowest BCUT2D eigenvalue weighted by Gasteiger charge is -2.28. The van der Waals surface area contributed by atoms with Crippen molar-refractivity contribution in [3.8, 4) is 11.5 Å². The minimum absolute atomic E-state index is 0. The molecular formula is C24H37IN4O3. The van der Waals surface area contributed by atoms with Crippen LogP contribution in [0.1, 0.15) is 57.9 Å². The van der Waals surface area contributed by atoms with Gasteiger partial charge in [-0.1, -0.05) is 39.2 Å². The number of fused-ring (bicyclic) bond motifs is 1. The van der Waals surface area contributed by atoms with Crippen LogP contribution in [-0.4, -0.2) is 56.3 Å². The van der Waals surface area contributed by atoms with Crippen molar-refractivity contribution < 1.29 is 14.3 Å². The van der Waals surface area contributed by atoms with Gasteiger partial charge in [0.2, 0.25) is 12.7 Å². The molecule has 0 radical (unpaired) electrons. The highest BCUT2D eigenvalue weighted by molar-refractivity contribution is 14.0. The fourth-order valence-corrected chi connectivity index (χ4v) is 4.80. The number of benzene rings is 1. The van der Waals surface area contributed by atoms with Gasteiger partial charge < -0.3 is 25.0 Å². The number of guanidine groups is 1. The van der Waals surface area contributed by atoms with Gasteiger partial charge in [-0.3, -0.25) is 9.79 Å².